The lowest BCUT2D eigenvalue weighted by molar-refractivity contribution is 0.307. The zero-order chi connectivity index (χ0) is 7.68. The van der Waals surface area contributed by atoms with E-state index in [9.17, 15) is 0 Å². The Labute approximate surface area is 61.4 Å². The van der Waals surface area contributed by atoms with Crippen LogP contribution in [-0.2, 0) is 0 Å². The van der Waals surface area contributed by atoms with E-state index in [2.05, 4.69) is 24.8 Å². The standard InChI is InChI=1S/C5H5N5O/c6-11-5-7-1-3-4(10-5)9-2-8-3/h1-2H,6H2,(H,7,8,9,10). The van der Waals surface area contributed by atoms with E-state index in [4.69, 9.17) is 5.90 Å². The van der Waals surface area contributed by atoms with Gasteiger partial charge in [0.25, 0.3) is 0 Å². The zero-order valence-corrected chi connectivity index (χ0v) is 5.48. The molecule has 0 radical (unpaired) electrons. The van der Waals surface area contributed by atoms with Crippen molar-refractivity contribution >= 4 is 11.2 Å². The number of aromatic amines is 1. The van der Waals surface area contributed by atoms with Crippen LogP contribution in [0.1, 0.15) is 0 Å². The highest BCUT2D eigenvalue weighted by atomic mass is 16.6. The maximum atomic E-state index is 4.85. The van der Waals surface area contributed by atoms with Crippen molar-refractivity contribution in [1.29, 1.82) is 0 Å². The molecule has 3 N–H and O–H groups in total. The number of aromatic nitrogens is 4. The highest BCUT2D eigenvalue weighted by molar-refractivity contribution is 5.68. The first-order valence-corrected chi connectivity index (χ1v) is 2.93. The normalized spacial score (nSPS) is 10.3. The monoisotopic (exact) mass is 151 g/mol. The maximum absolute atomic E-state index is 4.85. The predicted octanol–water partition coefficient (Wildman–Crippen LogP) is -0.395. The van der Waals surface area contributed by atoms with E-state index in [1.807, 2.05) is 0 Å². The van der Waals surface area contributed by atoms with Crippen molar-refractivity contribution in [1.82, 2.24) is 19.9 Å². The smallest absolute Gasteiger partial charge is 0.337 e. The molecule has 0 atom stereocenters. The third kappa shape index (κ3) is 0.887. The lowest BCUT2D eigenvalue weighted by Crippen LogP contribution is -2.05. The molecule has 0 aromatic carbocycles. The van der Waals surface area contributed by atoms with Gasteiger partial charge in [0.15, 0.2) is 5.65 Å². The van der Waals surface area contributed by atoms with Crippen molar-refractivity contribution in [2.45, 2.75) is 0 Å². The fourth-order valence-corrected chi connectivity index (χ4v) is 0.777. The summed E-state index contributed by atoms with van der Waals surface area (Å²) in [7, 11) is 0. The van der Waals surface area contributed by atoms with Crippen molar-refractivity contribution < 1.29 is 4.84 Å². The molecule has 0 fully saturated rings. The van der Waals surface area contributed by atoms with Crippen molar-refractivity contribution in [3.8, 4) is 6.01 Å². The van der Waals surface area contributed by atoms with Crippen molar-refractivity contribution in [3.05, 3.63) is 12.5 Å². The highest BCUT2D eigenvalue weighted by Gasteiger charge is 1.99. The first kappa shape index (κ1) is 6.05. The molecular weight excluding hydrogens is 146 g/mol. The lowest BCUT2D eigenvalue weighted by Gasteiger charge is -1.92. The van der Waals surface area contributed by atoms with Gasteiger partial charge in [-0.15, -0.1) is 0 Å². The molecule has 0 unspecified atom stereocenters. The molecule has 0 aliphatic carbocycles. The summed E-state index contributed by atoms with van der Waals surface area (Å²) in [6.45, 7) is 0. The molecule has 0 spiro atoms. The summed E-state index contributed by atoms with van der Waals surface area (Å²) in [6.07, 6.45) is 3.08. The molecular formula is C5H5N5O. The SMILES string of the molecule is NOc1ncc2[nH]cnc2n1. The number of fused-ring (bicyclic) bond motifs is 1. The molecule has 2 aromatic heterocycles. The molecule has 6 heteroatoms. The summed E-state index contributed by atoms with van der Waals surface area (Å²) < 4.78 is 0. The van der Waals surface area contributed by atoms with E-state index in [1.165, 1.54) is 6.33 Å². The Bertz CT molecular complexity index is 370. The van der Waals surface area contributed by atoms with Gasteiger partial charge in [-0.2, -0.15) is 15.9 Å². The lowest BCUT2D eigenvalue weighted by atomic mass is 10.6. The Hall–Kier alpha value is -1.69. The van der Waals surface area contributed by atoms with Gasteiger partial charge < -0.3 is 9.82 Å². The van der Waals surface area contributed by atoms with Gasteiger partial charge in [0.05, 0.1) is 12.5 Å². The van der Waals surface area contributed by atoms with Crippen LogP contribution in [0, 0.1) is 0 Å². The van der Waals surface area contributed by atoms with E-state index in [-0.39, 0.29) is 6.01 Å². The minimum absolute atomic E-state index is 0.115. The molecule has 0 bridgehead atoms. The Morgan fingerprint density at radius 3 is 3.18 bits per heavy atom. The quantitative estimate of drug-likeness (QED) is 0.541. The van der Waals surface area contributed by atoms with Crippen molar-refractivity contribution in [2.75, 3.05) is 0 Å². The van der Waals surface area contributed by atoms with Crippen LogP contribution < -0.4 is 10.7 Å². The van der Waals surface area contributed by atoms with Crippen LogP contribution in [0.5, 0.6) is 6.01 Å². The summed E-state index contributed by atoms with van der Waals surface area (Å²) in [4.78, 5) is 18.7. The van der Waals surface area contributed by atoms with Gasteiger partial charge in [0.1, 0.15) is 5.52 Å². The molecule has 0 saturated carbocycles. The van der Waals surface area contributed by atoms with E-state index >= 15 is 0 Å². The summed E-state index contributed by atoms with van der Waals surface area (Å²) >= 11 is 0. The van der Waals surface area contributed by atoms with E-state index in [0.29, 0.717) is 5.65 Å². The van der Waals surface area contributed by atoms with Gasteiger partial charge in [-0.25, -0.2) is 4.98 Å². The summed E-state index contributed by atoms with van der Waals surface area (Å²) in [5, 5.41) is 0. The molecule has 2 aromatic rings. The van der Waals surface area contributed by atoms with Gasteiger partial charge in [-0.3, -0.25) is 0 Å². The first-order valence-electron chi connectivity index (χ1n) is 2.93. The number of hydrogen-bond donors (Lipinski definition) is 2. The van der Waals surface area contributed by atoms with Gasteiger partial charge >= 0.3 is 6.01 Å². The van der Waals surface area contributed by atoms with Crippen molar-refractivity contribution in [3.63, 3.8) is 0 Å². The maximum Gasteiger partial charge on any atom is 0.337 e. The van der Waals surface area contributed by atoms with Gasteiger partial charge in [-0.05, 0) is 0 Å². The number of nitrogens with two attached hydrogens (primary N) is 1. The average molecular weight is 151 g/mol. The van der Waals surface area contributed by atoms with Crippen LogP contribution >= 0.6 is 0 Å². The second-order valence-electron chi connectivity index (χ2n) is 1.91. The molecule has 2 rings (SSSR count). The molecule has 6 nitrogen and oxygen atoms in total. The molecule has 56 valence electrons. The van der Waals surface area contributed by atoms with Crippen LogP contribution in [0.15, 0.2) is 12.5 Å². The molecule has 11 heavy (non-hydrogen) atoms. The summed E-state index contributed by atoms with van der Waals surface area (Å²) in [5.74, 6) is 4.85. The van der Waals surface area contributed by atoms with Gasteiger partial charge in [-0.1, -0.05) is 0 Å². The number of imidazole rings is 1. The summed E-state index contributed by atoms with van der Waals surface area (Å²) in [6, 6.07) is 0.115. The predicted molar refractivity (Wildman–Crippen MR) is 36.5 cm³/mol. The second-order valence-corrected chi connectivity index (χ2v) is 1.91. The largest absolute Gasteiger partial charge is 0.371 e. The minimum atomic E-state index is 0.115. The number of nitrogens with zero attached hydrogens (tertiary/aromatic N) is 3. The zero-order valence-electron chi connectivity index (χ0n) is 5.48. The Morgan fingerprint density at radius 1 is 1.45 bits per heavy atom. The van der Waals surface area contributed by atoms with Gasteiger partial charge in [0.2, 0.25) is 0 Å². The Morgan fingerprint density at radius 2 is 2.36 bits per heavy atom. The number of rotatable bonds is 1. The van der Waals surface area contributed by atoms with E-state index in [0.717, 1.165) is 5.52 Å². The molecule has 0 saturated heterocycles. The van der Waals surface area contributed by atoms with Gasteiger partial charge in [0, 0.05) is 0 Å². The topological polar surface area (TPSA) is 89.7 Å². The number of nitrogens with one attached hydrogen (secondary N) is 1. The Balaban J connectivity index is 2.67. The average Bonchev–Trinajstić information content (AvgIpc) is 2.50. The van der Waals surface area contributed by atoms with Crippen LogP contribution in [-0.4, -0.2) is 19.9 Å². The molecule has 0 amide bonds. The molecule has 0 aliphatic rings. The first-order chi connectivity index (χ1) is 5.40. The number of H-pyrrole nitrogens is 1. The second kappa shape index (κ2) is 2.17. The third-order valence-corrected chi connectivity index (χ3v) is 1.26. The Kier molecular flexibility index (Phi) is 1.19. The fraction of sp³-hybridized carbons (Fsp3) is 0. The van der Waals surface area contributed by atoms with E-state index in [1.54, 1.807) is 6.20 Å². The molecule has 0 aliphatic heterocycles. The van der Waals surface area contributed by atoms with Crippen LogP contribution in [0.3, 0.4) is 0 Å². The van der Waals surface area contributed by atoms with Crippen molar-refractivity contribution in [2.24, 2.45) is 5.90 Å². The van der Waals surface area contributed by atoms with Crippen LogP contribution in [0.4, 0.5) is 0 Å². The number of hydrogen-bond acceptors (Lipinski definition) is 5. The fourth-order valence-electron chi connectivity index (χ4n) is 0.777. The molecule has 2 heterocycles. The summed E-state index contributed by atoms with van der Waals surface area (Å²) in [5.41, 5.74) is 1.30. The minimum Gasteiger partial charge on any atom is -0.371 e. The van der Waals surface area contributed by atoms with E-state index < -0.39 is 0 Å². The van der Waals surface area contributed by atoms with Crippen LogP contribution in [0.25, 0.3) is 11.2 Å². The third-order valence-electron chi connectivity index (χ3n) is 1.26. The highest BCUT2D eigenvalue weighted by Crippen LogP contribution is 2.06. The van der Waals surface area contributed by atoms with Crippen LogP contribution in [0.2, 0.25) is 0 Å².